The molecule has 1 amide bonds. The lowest BCUT2D eigenvalue weighted by atomic mass is 10.2. The first-order valence-electron chi connectivity index (χ1n) is 8.53. The van der Waals surface area contributed by atoms with Gasteiger partial charge >= 0.3 is 0 Å². The highest BCUT2D eigenvalue weighted by molar-refractivity contribution is 5.78. The number of rotatable bonds is 5. The molecule has 1 fully saturated rings. The van der Waals surface area contributed by atoms with E-state index in [1.54, 1.807) is 7.11 Å². The topological polar surface area (TPSA) is 42.0 Å². The smallest absolute Gasteiger partial charge is 0.260 e. The highest BCUT2D eigenvalue weighted by atomic mass is 16.5. The zero-order valence-electron chi connectivity index (χ0n) is 14.8. The van der Waals surface area contributed by atoms with Crippen LogP contribution in [0.25, 0.3) is 0 Å². The van der Waals surface area contributed by atoms with E-state index in [1.807, 2.05) is 54.3 Å². The van der Waals surface area contributed by atoms with Crippen LogP contribution in [-0.2, 0) is 4.79 Å². The lowest BCUT2D eigenvalue weighted by Gasteiger charge is -2.36. The quantitative estimate of drug-likeness (QED) is 0.839. The molecule has 0 atom stereocenters. The lowest BCUT2D eigenvalue weighted by molar-refractivity contribution is -0.133. The van der Waals surface area contributed by atoms with Gasteiger partial charge in [-0.25, -0.2) is 0 Å². The van der Waals surface area contributed by atoms with Gasteiger partial charge in [0.2, 0.25) is 0 Å². The largest absolute Gasteiger partial charge is 0.495 e. The van der Waals surface area contributed by atoms with Crippen LogP contribution in [0.15, 0.2) is 48.5 Å². The first-order chi connectivity index (χ1) is 12.2. The van der Waals surface area contributed by atoms with E-state index in [9.17, 15) is 4.79 Å². The first-order valence-corrected chi connectivity index (χ1v) is 8.53. The molecule has 0 spiro atoms. The molecule has 0 saturated carbocycles. The molecule has 2 aromatic rings. The number of piperazine rings is 1. The van der Waals surface area contributed by atoms with Crippen molar-refractivity contribution in [3.05, 3.63) is 54.1 Å². The molecule has 2 aromatic carbocycles. The predicted octanol–water partition coefficient (Wildman–Crippen LogP) is 2.73. The summed E-state index contributed by atoms with van der Waals surface area (Å²) in [6.07, 6.45) is 0. The van der Waals surface area contributed by atoms with Gasteiger partial charge < -0.3 is 19.3 Å². The van der Waals surface area contributed by atoms with E-state index < -0.39 is 0 Å². The predicted molar refractivity (Wildman–Crippen MR) is 98.5 cm³/mol. The van der Waals surface area contributed by atoms with Crippen LogP contribution in [0.5, 0.6) is 11.5 Å². The normalized spacial score (nSPS) is 14.3. The Morgan fingerprint density at radius 1 is 0.960 bits per heavy atom. The van der Waals surface area contributed by atoms with Crippen LogP contribution >= 0.6 is 0 Å². The molecule has 0 N–H and O–H groups in total. The maximum Gasteiger partial charge on any atom is 0.260 e. The van der Waals surface area contributed by atoms with Gasteiger partial charge in [0.25, 0.3) is 5.91 Å². The van der Waals surface area contributed by atoms with Crippen molar-refractivity contribution < 1.29 is 14.3 Å². The monoisotopic (exact) mass is 340 g/mol. The van der Waals surface area contributed by atoms with E-state index in [0.717, 1.165) is 35.8 Å². The van der Waals surface area contributed by atoms with Gasteiger partial charge in [-0.3, -0.25) is 4.79 Å². The van der Waals surface area contributed by atoms with E-state index in [2.05, 4.69) is 11.0 Å². The number of amides is 1. The average molecular weight is 340 g/mol. The van der Waals surface area contributed by atoms with Crippen LogP contribution < -0.4 is 14.4 Å². The van der Waals surface area contributed by atoms with Crippen LogP contribution in [0.4, 0.5) is 5.69 Å². The Morgan fingerprint density at radius 2 is 1.60 bits per heavy atom. The van der Waals surface area contributed by atoms with Crippen molar-refractivity contribution in [3.8, 4) is 11.5 Å². The standard InChI is InChI=1S/C20H24N2O3/c1-16-7-3-5-9-18(16)25-15-20(23)22-13-11-21(12-14-22)17-8-4-6-10-19(17)24-2/h3-10H,11-15H2,1-2H3. The first kappa shape index (κ1) is 17.1. The molecule has 0 aliphatic carbocycles. The molecule has 25 heavy (non-hydrogen) atoms. The molecule has 0 unspecified atom stereocenters. The van der Waals surface area contributed by atoms with Crippen molar-refractivity contribution in [2.75, 3.05) is 44.8 Å². The second kappa shape index (κ2) is 7.92. The van der Waals surface area contributed by atoms with Crippen LogP contribution in [0.2, 0.25) is 0 Å². The van der Waals surface area contributed by atoms with E-state index in [1.165, 1.54) is 0 Å². The van der Waals surface area contributed by atoms with Gasteiger partial charge in [0.15, 0.2) is 6.61 Å². The molecular weight excluding hydrogens is 316 g/mol. The van der Waals surface area contributed by atoms with Gasteiger partial charge in [-0.15, -0.1) is 0 Å². The van der Waals surface area contributed by atoms with Crippen molar-refractivity contribution in [2.24, 2.45) is 0 Å². The van der Waals surface area contributed by atoms with E-state index >= 15 is 0 Å². The Bertz CT molecular complexity index is 724. The van der Waals surface area contributed by atoms with Gasteiger partial charge in [0.05, 0.1) is 12.8 Å². The molecule has 5 nitrogen and oxygen atoms in total. The minimum absolute atomic E-state index is 0.0305. The van der Waals surface area contributed by atoms with Gasteiger partial charge in [-0.2, -0.15) is 0 Å². The summed E-state index contributed by atoms with van der Waals surface area (Å²) >= 11 is 0. The number of carbonyl (C=O) groups is 1. The highest BCUT2D eigenvalue weighted by Crippen LogP contribution is 2.28. The summed E-state index contributed by atoms with van der Waals surface area (Å²) in [6, 6.07) is 15.7. The zero-order chi connectivity index (χ0) is 17.6. The highest BCUT2D eigenvalue weighted by Gasteiger charge is 2.23. The molecule has 1 heterocycles. The minimum atomic E-state index is 0.0305. The number of hydrogen-bond donors (Lipinski definition) is 0. The molecule has 3 rings (SSSR count). The number of ether oxygens (including phenoxy) is 2. The van der Waals surface area contributed by atoms with Crippen molar-refractivity contribution in [3.63, 3.8) is 0 Å². The molecule has 1 aliphatic heterocycles. The SMILES string of the molecule is COc1ccccc1N1CCN(C(=O)COc2ccccc2C)CC1. The summed E-state index contributed by atoms with van der Waals surface area (Å²) in [5.41, 5.74) is 2.12. The number of benzene rings is 2. The molecule has 1 aliphatic rings. The fourth-order valence-corrected chi connectivity index (χ4v) is 3.04. The summed E-state index contributed by atoms with van der Waals surface area (Å²) < 4.78 is 11.1. The van der Waals surface area contributed by atoms with Crippen LogP contribution in [-0.4, -0.2) is 50.7 Å². The van der Waals surface area contributed by atoms with Crippen LogP contribution in [0.3, 0.4) is 0 Å². The van der Waals surface area contributed by atoms with E-state index in [4.69, 9.17) is 9.47 Å². The maximum absolute atomic E-state index is 12.4. The number of nitrogens with zero attached hydrogens (tertiary/aromatic N) is 2. The van der Waals surface area contributed by atoms with Gasteiger partial charge in [-0.1, -0.05) is 30.3 Å². The number of carbonyl (C=O) groups excluding carboxylic acids is 1. The summed E-state index contributed by atoms with van der Waals surface area (Å²) in [7, 11) is 1.68. The van der Waals surface area contributed by atoms with Crippen molar-refractivity contribution in [1.82, 2.24) is 4.90 Å². The molecule has 0 bridgehead atoms. The molecule has 5 heteroatoms. The van der Waals surface area contributed by atoms with Crippen molar-refractivity contribution >= 4 is 11.6 Å². The number of aryl methyl sites for hydroxylation is 1. The minimum Gasteiger partial charge on any atom is -0.495 e. The van der Waals surface area contributed by atoms with E-state index in [0.29, 0.717) is 13.1 Å². The van der Waals surface area contributed by atoms with Crippen LogP contribution in [0.1, 0.15) is 5.56 Å². The summed E-state index contributed by atoms with van der Waals surface area (Å²) in [5, 5.41) is 0. The number of anilines is 1. The number of methoxy groups -OCH3 is 1. The molecule has 0 radical (unpaired) electrons. The lowest BCUT2D eigenvalue weighted by Crippen LogP contribution is -2.50. The molecule has 0 aromatic heterocycles. The average Bonchev–Trinajstić information content (AvgIpc) is 2.67. The Labute approximate surface area is 148 Å². The van der Waals surface area contributed by atoms with Gasteiger partial charge in [0, 0.05) is 26.2 Å². The number of para-hydroxylation sites is 3. The fourth-order valence-electron chi connectivity index (χ4n) is 3.04. The second-order valence-electron chi connectivity index (χ2n) is 6.09. The zero-order valence-corrected chi connectivity index (χ0v) is 14.8. The van der Waals surface area contributed by atoms with Crippen molar-refractivity contribution in [1.29, 1.82) is 0 Å². The van der Waals surface area contributed by atoms with Gasteiger partial charge in [-0.05, 0) is 30.7 Å². The molecular formula is C20H24N2O3. The van der Waals surface area contributed by atoms with Crippen molar-refractivity contribution in [2.45, 2.75) is 6.92 Å². The third kappa shape index (κ3) is 4.05. The summed E-state index contributed by atoms with van der Waals surface area (Å²) in [6.45, 7) is 5.01. The summed E-state index contributed by atoms with van der Waals surface area (Å²) in [5.74, 6) is 1.66. The summed E-state index contributed by atoms with van der Waals surface area (Å²) in [4.78, 5) is 16.5. The molecule has 132 valence electrons. The van der Waals surface area contributed by atoms with Crippen LogP contribution in [0, 0.1) is 6.92 Å². The third-order valence-corrected chi connectivity index (χ3v) is 4.50. The second-order valence-corrected chi connectivity index (χ2v) is 6.09. The fraction of sp³-hybridized carbons (Fsp3) is 0.350. The Hall–Kier alpha value is -2.69. The Kier molecular flexibility index (Phi) is 5.43. The number of hydrogen-bond acceptors (Lipinski definition) is 4. The Morgan fingerprint density at radius 3 is 2.28 bits per heavy atom. The maximum atomic E-state index is 12.4. The van der Waals surface area contributed by atoms with Gasteiger partial charge in [0.1, 0.15) is 11.5 Å². The van der Waals surface area contributed by atoms with E-state index in [-0.39, 0.29) is 12.5 Å². The Balaban J connectivity index is 1.53. The molecule has 1 saturated heterocycles. The third-order valence-electron chi connectivity index (χ3n) is 4.50.